The Morgan fingerprint density at radius 1 is 1.12 bits per heavy atom. The fourth-order valence-electron chi connectivity index (χ4n) is 2.55. The van der Waals surface area contributed by atoms with Crippen LogP contribution in [0.2, 0.25) is 0 Å². The van der Waals surface area contributed by atoms with Gasteiger partial charge >= 0.3 is 0 Å². The molecular formula is C19H21N3OS. The number of hydrogen-bond donors (Lipinski definition) is 1. The Morgan fingerprint density at radius 3 is 2.75 bits per heavy atom. The molecule has 24 heavy (non-hydrogen) atoms. The number of aryl methyl sites for hydroxylation is 1. The fraction of sp³-hybridized carbons (Fsp3) is 0.211. The second kappa shape index (κ2) is 7.93. The average molecular weight is 339 g/mol. The Kier molecular flexibility index (Phi) is 5.43. The number of imidazole rings is 1. The number of rotatable bonds is 7. The maximum Gasteiger partial charge on any atom is 0.128 e. The van der Waals surface area contributed by atoms with Crippen LogP contribution < -0.4 is 5.32 Å². The summed E-state index contributed by atoms with van der Waals surface area (Å²) in [6.07, 6.45) is 3.80. The van der Waals surface area contributed by atoms with Crippen molar-refractivity contribution in [3.8, 4) is 0 Å². The van der Waals surface area contributed by atoms with Crippen LogP contribution in [-0.4, -0.2) is 13.8 Å². The molecule has 1 aromatic heterocycles. The van der Waals surface area contributed by atoms with Crippen molar-refractivity contribution < 1.29 is 4.21 Å². The molecule has 0 radical (unpaired) electrons. The predicted octanol–water partition coefficient (Wildman–Crippen LogP) is 3.82. The summed E-state index contributed by atoms with van der Waals surface area (Å²) in [5, 5.41) is 3.39. The van der Waals surface area contributed by atoms with E-state index in [1.54, 1.807) is 0 Å². The van der Waals surface area contributed by atoms with Crippen molar-refractivity contribution >= 4 is 16.5 Å². The molecule has 0 bridgehead atoms. The monoisotopic (exact) mass is 339 g/mol. The quantitative estimate of drug-likeness (QED) is 0.712. The van der Waals surface area contributed by atoms with Crippen LogP contribution in [0.4, 0.5) is 5.69 Å². The van der Waals surface area contributed by atoms with Crippen LogP contribution in [0.1, 0.15) is 18.3 Å². The average Bonchev–Trinajstić information content (AvgIpc) is 3.08. The van der Waals surface area contributed by atoms with E-state index in [-0.39, 0.29) is 0 Å². The van der Waals surface area contributed by atoms with E-state index in [0.29, 0.717) is 12.3 Å². The van der Waals surface area contributed by atoms with Crippen LogP contribution in [0.15, 0.2) is 71.9 Å². The zero-order valence-electron chi connectivity index (χ0n) is 13.7. The van der Waals surface area contributed by atoms with Gasteiger partial charge in [0.2, 0.25) is 0 Å². The molecule has 2 aromatic carbocycles. The Hall–Kier alpha value is -2.40. The van der Waals surface area contributed by atoms with E-state index >= 15 is 0 Å². The van der Waals surface area contributed by atoms with Crippen molar-refractivity contribution in [1.29, 1.82) is 0 Å². The Balaban J connectivity index is 1.65. The minimum atomic E-state index is -1.03. The van der Waals surface area contributed by atoms with E-state index in [0.717, 1.165) is 28.5 Å². The molecule has 5 heteroatoms. The third-order valence-corrected chi connectivity index (χ3v) is 5.22. The normalized spacial score (nSPS) is 12.0. The van der Waals surface area contributed by atoms with E-state index in [1.165, 1.54) is 0 Å². The molecule has 1 heterocycles. The fourth-order valence-corrected chi connectivity index (χ4v) is 3.66. The molecule has 0 amide bonds. The lowest BCUT2D eigenvalue weighted by Gasteiger charge is -2.09. The molecule has 0 fully saturated rings. The molecule has 124 valence electrons. The lowest BCUT2D eigenvalue weighted by atomic mass is 10.2. The summed E-state index contributed by atoms with van der Waals surface area (Å²) in [6, 6.07) is 17.7. The smallest absolute Gasteiger partial charge is 0.128 e. The third-order valence-electron chi connectivity index (χ3n) is 3.82. The van der Waals surface area contributed by atoms with Crippen LogP contribution in [0, 0.1) is 0 Å². The Bertz CT molecular complexity index is 814. The van der Waals surface area contributed by atoms with Gasteiger partial charge in [-0.05, 0) is 36.8 Å². The lowest BCUT2D eigenvalue weighted by molar-refractivity contribution is 0.682. The highest BCUT2D eigenvalue weighted by atomic mass is 32.2. The third kappa shape index (κ3) is 4.11. The van der Waals surface area contributed by atoms with Gasteiger partial charge in [-0.3, -0.25) is 4.21 Å². The highest BCUT2D eigenvalue weighted by Gasteiger charge is 2.06. The van der Waals surface area contributed by atoms with Gasteiger partial charge in [-0.15, -0.1) is 0 Å². The maximum absolute atomic E-state index is 12.4. The summed E-state index contributed by atoms with van der Waals surface area (Å²) in [6.45, 7) is 3.68. The van der Waals surface area contributed by atoms with Crippen molar-refractivity contribution in [2.75, 3.05) is 5.32 Å². The van der Waals surface area contributed by atoms with Crippen LogP contribution in [0.5, 0.6) is 0 Å². The van der Waals surface area contributed by atoms with Crippen molar-refractivity contribution in [1.82, 2.24) is 9.55 Å². The van der Waals surface area contributed by atoms with Gasteiger partial charge in [-0.1, -0.05) is 30.3 Å². The topological polar surface area (TPSA) is 46.9 Å². The van der Waals surface area contributed by atoms with Gasteiger partial charge in [-0.2, -0.15) is 0 Å². The van der Waals surface area contributed by atoms with Gasteiger partial charge in [0.1, 0.15) is 5.82 Å². The highest BCUT2D eigenvalue weighted by Crippen LogP contribution is 2.16. The summed E-state index contributed by atoms with van der Waals surface area (Å²) in [4.78, 5) is 5.23. The molecule has 0 aliphatic rings. The summed E-state index contributed by atoms with van der Waals surface area (Å²) >= 11 is 0. The zero-order chi connectivity index (χ0) is 16.8. The van der Waals surface area contributed by atoms with E-state index in [2.05, 4.69) is 27.9 Å². The molecule has 3 aromatic rings. The molecule has 0 aliphatic carbocycles. The summed E-state index contributed by atoms with van der Waals surface area (Å²) in [5.41, 5.74) is 2.07. The molecule has 0 aliphatic heterocycles. The van der Waals surface area contributed by atoms with Gasteiger partial charge in [0, 0.05) is 29.5 Å². The number of nitrogens with one attached hydrogen (secondary N) is 1. The molecule has 0 spiro atoms. The Morgan fingerprint density at radius 2 is 1.96 bits per heavy atom. The first-order valence-corrected chi connectivity index (χ1v) is 9.34. The molecule has 1 N–H and O–H groups in total. The molecule has 4 nitrogen and oxygen atoms in total. The van der Waals surface area contributed by atoms with Crippen LogP contribution in [0.3, 0.4) is 0 Å². The molecule has 1 atom stereocenters. The number of anilines is 1. The van der Waals surface area contributed by atoms with Crippen molar-refractivity contribution in [3.63, 3.8) is 0 Å². The number of aromatic nitrogens is 2. The molecule has 1 unspecified atom stereocenters. The number of benzene rings is 2. The first-order chi connectivity index (χ1) is 11.8. The van der Waals surface area contributed by atoms with E-state index in [1.807, 2.05) is 60.9 Å². The van der Waals surface area contributed by atoms with Crippen LogP contribution in [-0.2, 0) is 29.6 Å². The van der Waals surface area contributed by atoms with Crippen molar-refractivity contribution in [2.24, 2.45) is 0 Å². The van der Waals surface area contributed by atoms with Gasteiger partial charge in [0.25, 0.3) is 0 Å². The highest BCUT2D eigenvalue weighted by molar-refractivity contribution is 7.84. The standard InChI is InChI=1S/C19H21N3OS/c1-2-22-12-11-20-19(22)14-21-17-8-6-7-16(13-17)15-24(23)18-9-4-3-5-10-18/h3-13,21H,2,14-15H2,1H3. The largest absolute Gasteiger partial charge is 0.378 e. The number of hydrogen-bond acceptors (Lipinski definition) is 3. The van der Waals surface area contributed by atoms with Crippen molar-refractivity contribution in [2.45, 2.75) is 30.7 Å². The SMILES string of the molecule is CCn1ccnc1CNc1cccc(CS(=O)c2ccccc2)c1. The summed E-state index contributed by atoms with van der Waals surface area (Å²) < 4.78 is 14.5. The van der Waals surface area contributed by atoms with Gasteiger partial charge in [0.15, 0.2) is 0 Å². The maximum atomic E-state index is 12.4. The van der Waals surface area contributed by atoms with E-state index < -0.39 is 10.8 Å². The first-order valence-electron chi connectivity index (χ1n) is 8.02. The molecule has 0 saturated carbocycles. The number of nitrogens with zero attached hydrogens (tertiary/aromatic N) is 2. The van der Waals surface area contributed by atoms with E-state index in [4.69, 9.17) is 0 Å². The molecule has 0 saturated heterocycles. The van der Waals surface area contributed by atoms with Gasteiger partial charge < -0.3 is 9.88 Å². The predicted molar refractivity (Wildman–Crippen MR) is 98.2 cm³/mol. The van der Waals surface area contributed by atoms with Crippen molar-refractivity contribution in [3.05, 3.63) is 78.4 Å². The summed E-state index contributed by atoms with van der Waals surface area (Å²) in [7, 11) is -1.03. The first kappa shape index (κ1) is 16.5. The molecule has 3 rings (SSSR count). The van der Waals surface area contributed by atoms with E-state index in [9.17, 15) is 4.21 Å². The molecular weight excluding hydrogens is 318 g/mol. The van der Waals surface area contributed by atoms with Crippen LogP contribution in [0.25, 0.3) is 0 Å². The minimum absolute atomic E-state index is 0.517. The zero-order valence-corrected chi connectivity index (χ0v) is 14.5. The second-order valence-electron chi connectivity index (χ2n) is 5.49. The van der Waals surface area contributed by atoms with Gasteiger partial charge in [0.05, 0.1) is 23.1 Å². The minimum Gasteiger partial charge on any atom is -0.378 e. The summed E-state index contributed by atoms with van der Waals surface area (Å²) in [5.74, 6) is 1.53. The lowest BCUT2D eigenvalue weighted by Crippen LogP contribution is -2.07. The second-order valence-corrected chi connectivity index (χ2v) is 6.94. The Labute approximate surface area is 145 Å². The van der Waals surface area contributed by atoms with Crippen LogP contribution >= 0.6 is 0 Å². The van der Waals surface area contributed by atoms with Gasteiger partial charge in [-0.25, -0.2) is 4.98 Å².